The Labute approximate surface area is 134 Å². The Bertz CT molecular complexity index is 479. The van der Waals surface area contributed by atoms with E-state index in [2.05, 4.69) is 42.1 Å². The van der Waals surface area contributed by atoms with Crippen LogP contribution in [-0.2, 0) is 0 Å². The molecule has 0 atom stereocenters. The fraction of sp³-hybridized carbons (Fsp3) is 0.611. The van der Waals surface area contributed by atoms with Gasteiger partial charge in [-0.05, 0) is 43.6 Å². The highest BCUT2D eigenvalue weighted by molar-refractivity contribution is 5.94. The predicted molar refractivity (Wildman–Crippen MR) is 91.4 cm³/mol. The molecule has 1 heterocycles. The van der Waals surface area contributed by atoms with Crippen molar-refractivity contribution in [1.29, 1.82) is 0 Å². The summed E-state index contributed by atoms with van der Waals surface area (Å²) in [5, 5.41) is 3.04. The first kappa shape index (κ1) is 17.0. The molecular formula is C18H29N3O. The van der Waals surface area contributed by atoms with Crippen molar-refractivity contribution >= 4 is 5.91 Å². The fourth-order valence-electron chi connectivity index (χ4n) is 2.72. The molecule has 0 radical (unpaired) electrons. The Morgan fingerprint density at radius 2 is 1.95 bits per heavy atom. The third kappa shape index (κ3) is 5.11. The molecule has 0 bridgehead atoms. The second kappa shape index (κ2) is 8.30. The summed E-state index contributed by atoms with van der Waals surface area (Å²) in [5.41, 5.74) is 1.98. The average molecular weight is 303 g/mol. The van der Waals surface area contributed by atoms with Crippen molar-refractivity contribution in [2.45, 2.75) is 26.2 Å². The molecule has 0 saturated carbocycles. The number of hydrogen-bond donors (Lipinski definition) is 1. The number of benzene rings is 1. The Balaban J connectivity index is 1.70. The van der Waals surface area contributed by atoms with Gasteiger partial charge >= 0.3 is 0 Å². The van der Waals surface area contributed by atoms with Crippen LogP contribution in [0.3, 0.4) is 0 Å². The minimum atomic E-state index is 0.0425. The largest absolute Gasteiger partial charge is 0.352 e. The lowest BCUT2D eigenvalue weighted by Gasteiger charge is -2.32. The number of nitrogens with zero attached hydrogens (tertiary/aromatic N) is 2. The number of nitrogens with one attached hydrogen (secondary N) is 1. The molecule has 1 N–H and O–H groups in total. The van der Waals surface area contributed by atoms with Gasteiger partial charge in [0.25, 0.3) is 5.91 Å². The first-order chi connectivity index (χ1) is 10.6. The van der Waals surface area contributed by atoms with E-state index in [4.69, 9.17) is 0 Å². The summed E-state index contributed by atoms with van der Waals surface area (Å²) in [6.45, 7) is 10.7. The van der Waals surface area contributed by atoms with Crippen LogP contribution in [0.15, 0.2) is 24.3 Å². The molecule has 2 rings (SSSR count). The smallest absolute Gasteiger partial charge is 0.251 e. The Morgan fingerprint density at radius 3 is 2.64 bits per heavy atom. The van der Waals surface area contributed by atoms with Crippen molar-refractivity contribution in [3.05, 3.63) is 35.4 Å². The molecule has 4 nitrogen and oxygen atoms in total. The van der Waals surface area contributed by atoms with Crippen molar-refractivity contribution in [1.82, 2.24) is 15.1 Å². The normalized spacial score (nSPS) is 16.9. The van der Waals surface area contributed by atoms with Gasteiger partial charge < -0.3 is 15.1 Å². The second-order valence-electron chi connectivity index (χ2n) is 6.53. The van der Waals surface area contributed by atoms with Crippen molar-refractivity contribution < 1.29 is 4.79 Å². The molecule has 4 heteroatoms. The van der Waals surface area contributed by atoms with Gasteiger partial charge in [0, 0.05) is 38.3 Å². The van der Waals surface area contributed by atoms with Crippen molar-refractivity contribution in [3.63, 3.8) is 0 Å². The molecule has 0 aliphatic carbocycles. The molecule has 1 saturated heterocycles. The SMILES string of the molecule is CC(C)c1cccc(C(=O)NCCCN2CCN(C)CC2)c1. The molecule has 122 valence electrons. The van der Waals surface area contributed by atoms with Gasteiger partial charge in [-0.15, -0.1) is 0 Å². The summed E-state index contributed by atoms with van der Waals surface area (Å²) in [6.07, 6.45) is 1.01. The first-order valence-corrected chi connectivity index (χ1v) is 8.35. The zero-order valence-corrected chi connectivity index (χ0v) is 14.1. The van der Waals surface area contributed by atoms with E-state index in [0.717, 1.165) is 51.3 Å². The van der Waals surface area contributed by atoms with Crippen LogP contribution in [0.5, 0.6) is 0 Å². The summed E-state index contributed by atoms with van der Waals surface area (Å²) in [4.78, 5) is 17.0. The molecule has 22 heavy (non-hydrogen) atoms. The number of likely N-dealkylation sites (N-methyl/N-ethyl adjacent to an activating group) is 1. The highest BCUT2D eigenvalue weighted by atomic mass is 16.1. The molecule has 1 fully saturated rings. The Morgan fingerprint density at radius 1 is 1.23 bits per heavy atom. The summed E-state index contributed by atoms with van der Waals surface area (Å²) in [5.74, 6) is 0.492. The zero-order valence-electron chi connectivity index (χ0n) is 14.1. The number of rotatable bonds is 6. The predicted octanol–water partition coefficient (Wildman–Crippen LogP) is 2.18. The molecule has 1 amide bonds. The highest BCUT2D eigenvalue weighted by Crippen LogP contribution is 2.15. The van der Waals surface area contributed by atoms with E-state index in [0.29, 0.717) is 5.92 Å². The first-order valence-electron chi connectivity index (χ1n) is 8.35. The van der Waals surface area contributed by atoms with E-state index in [9.17, 15) is 4.79 Å². The van der Waals surface area contributed by atoms with E-state index in [1.165, 1.54) is 5.56 Å². The van der Waals surface area contributed by atoms with Crippen LogP contribution in [0, 0.1) is 0 Å². The highest BCUT2D eigenvalue weighted by Gasteiger charge is 2.13. The molecule has 1 aliphatic heterocycles. The maximum Gasteiger partial charge on any atom is 0.251 e. The van der Waals surface area contributed by atoms with E-state index >= 15 is 0 Å². The number of amides is 1. The Hall–Kier alpha value is -1.39. The molecule has 0 spiro atoms. The number of carbonyl (C=O) groups is 1. The van der Waals surface area contributed by atoms with Gasteiger partial charge in [-0.3, -0.25) is 4.79 Å². The lowest BCUT2D eigenvalue weighted by Crippen LogP contribution is -2.45. The topological polar surface area (TPSA) is 35.6 Å². The summed E-state index contributed by atoms with van der Waals surface area (Å²) < 4.78 is 0. The van der Waals surface area contributed by atoms with Gasteiger partial charge in [0.15, 0.2) is 0 Å². The maximum absolute atomic E-state index is 12.2. The standard InChI is InChI=1S/C18H29N3O/c1-15(2)16-6-4-7-17(14-16)18(22)19-8-5-9-21-12-10-20(3)11-13-21/h4,6-7,14-15H,5,8-13H2,1-3H3,(H,19,22). The minimum Gasteiger partial charge on any atom is -0.352 e. The number of hydrogen-bond acceptors (Lipinski definition) is 3. The third-order valence-electron chi connectivity index (χ3n) is 4.35. The zero-order chi connectivity index (χ0) is 15.9. The van der Waals surface area contributed by atoms with E-state index < -0.39 is 0 Å². The number of piperazine rings is 1. The molecule has 0 aromatic heterocycles. The minimum absolute atomic E-state index is 0.0425. The van der Waals surface area contributed by atoms with Gasteiger partial charge in [0.1, 0.15) is 0 Å². The van der Waals surface area contributed by atoms with Gasteiger partial charge in [-0.2, -0.15) is 0 Å². The van der Waals surface area contributed by atoms with Crippen LogP contribution in [0.25, 0.3) is 0 Å². The molecular weight excluding hydrogens is 274 g/mol. The van der Waals surface area contributed by atoms with E-state index in [1.54, 1.807) is 0 Å². The summed E-state index contributed by atoms with van der Waals surface area (Å²) in [7, 11) is 2.17. The van der Waals surface area contributed by atoms with E-state index in [1.807, 2.05) is 18.2 Å². The fourth-order valence-corrected chi connectivity index (χ4v) is 2.72. The van der Waals surface area contributed by atoms with Gasteiger partial charge in [-0.1, -0.05) is 26.0 Å². The van der Waals surface area contributed by atoms with Crippen molar-refractivity contribution in [3.8, 4) is 0 Å². The monoisotopic (exact) mass is 303 g/mol. The summed E-state index contributed by atoms with van der Waals surface area (Å²) >= 11 is 0. The lowest BCUT2D eigenvalue weighted by molar-refractivity contribution is 0.0949. The van der Waals surface area contributed by atoms with Crippen LogP contribution in [0.2, 0.25) is 0 Å². The average Bonchev–Trinajstić information content (AvgIpc) is 2.53. The van der Waals surface area contributed by atoms with Gasteiger partial charge in [0.05, 0.1) is 0 Å². The Kier molecular flexibility index (Phi) is 6.40. The van der Waals surface area contributed by atoms with Crippen LogP contribution in [-0.4, -0.2) is 62.0 Å². The van der Waals surface area contributed by atoms with Crippen LogP contribution >= 0.6 is 0 Å². The molecule has 0 unspecified atom stereocenters. The van der Waals surface area contributed by atoms with Crippen LogP contribution < -0.4 is 5.32 Å². The van der Waals surface area contributed by atoms with Gasteiger partial charge in [-0.25, -0.2) is 0 Å². The van der Waals surface area contributed by atoms with Crippen LogP contribution in [0.4, 0.5) is 0 Å². The molecule has 1 aromatic carbocycles. The van der Waals surface area contributed by atoms with Crippen molar-refractivity contribution in [2.24, 2.45) is 0 Å². The van der Waals surface area contributed by atoms with Gasteiger partial charge in [0.2, 0.25) is 0 Å². The third-order valence-corrected chi connectivity index (χ3v) is 4.35. The lowest BCUT2D eigenvalue weighted by atomic mass is 10.0. The van der Waals surface area contributed by atoms with Crippen LogP contribution in [0.1, 0.15) is 42.1 Å². The maximum atomic E-state index is 12.2. The van der Waals surface area contributed by atoms with Crippen molar-refractivity contribution in [2.75, 3.05) is 46.3 Å². The number of carbonyl (C=O) groups excluding carboxylic acids is 1. The van der Waals surface area contributed by atoms with E-state index in [-0.39, 0.29) is 5.91 Å². The quantitative estimate of drug-likeness (QED) is 0.818. The molecule has 1 aromatic rings. The second-order valence-corrected chi connectivity index (χ2v) is 6.53. The molecule has 1 aliphatic rings. The summed E-state index contributed by atoms with van der Waals surface area (Å²) in [6, 6.07) is 7.94.